The lowest BCUT2D eigenvalue weighted by Crippen LogP contribution is -2.43. The zero-order valence-corrected chi connectivity index (χ0v) is 9.40. The molecule has 92 valence electrons. The monoisotopic (exact) mass is 238 g/mol. The van der Waals surface area contributed by atoms with Gasteiger partial charge in [0.05, 0.1) is 11.6 Å². The van der Waals surface area contributed by atoms with Crippen LogP contribution in [0.4, 0.5) is 4.39 Å². The summed E-state index contributed by atoms with van der Waals surface area (Å²) in [5.41, 5.74) is 4.87. The van der Waals surface area contributed by atoms with Gasteiger partial charge >= 0.3 is 5.97 Å². The molecule has 1 aliphatic carbocycles. The average Bonchev–Trinajstić information content (AvgIpc) is 2.31. The Hall–Kier alpha value is -1.49. The minimum absolute atomic E-state index is 0.0207. The van der Waals surface area contributed by atoms with Gasteiger partial charge in [-0.3, -0.25) is 9.78 Å². The van der Waals surface area contributed by atoms with E-state index in [0.29, 0.717) is 25.7 Å². The second-order valence-corrected chi connectivity index (χ2v) is 4.58. The van der Waals surface area contributed by atoms with E-state index in [2.05, 4.69) is 4.98 Å². The minimum atomic E-state index is -1.14. The molecule has 0 aliphatic heterocycles. The van der Waals surface area contributed by atoms with Crippen molar-refractivity contribution in [3.63, 3.8) is 0 Å². The highest BCUT2D eigenvalue weighted by molar-refractivity contribution is 5.81. The van der Waals surface area contributed by atoms with Crippen LogP contribution < -0.4 is 5.73 Å². The third kappa shape index (κ3) is 2.02. The topological polar surface area (TPSA) is 76.2 Å². The molecule has 1 aromatic rings. The van der Waals surface area contributed by atoms with Crippen LogP contribution in [-0.4, -0.2) is 22.1 Å². The number of aliphatic carboxylic acids is 1. The number of aromatic nitrogens is 1. The van der Waals surface area contributed by atoms with Gasteiger partial charge in [-0.1, -0.05) is 0 Å². The number of rotatable bonds is 2. The molecule has 0 unspecified atom stereocenters. The van der Waals surface area contributed by atoms with Crippen LogP contribution in [0.5, 0.6) is 0 Å². The Labute approximate surface area is 98.7 Å². The maximum atomic E-state index is 13.7. The third-order valence-electron chi connectivity index (χ3n) is 3.58. The number of pyridine rings is 1. The molecule has 1 saturated carbocycles. The summed E-state index contributed by atoms with van der Waals surface area (Å²) < 4.78 is 13.7. The first-order chi connectivity index (χ1) is 8.06. The maximum Gasteiger partial charge on any atom is 0.314 e. The summed E-state index contributed by atoms with van der Waals surface area (Å²) in [6.07, 6.45) is 4.46. The highest BCUT2D eigenvalue weighted by Crippen LogP contribution is 2.40. The van der Waals surface area contributed by atoms with E-state index in [1.165, 1.54) is 12.3 Å². The van der Waals surface area contributed by atoms with E-state index in [4.69, 9.17) is 5.73 Å². The molecular formula is C12H15FN2O2. The number of nitrogens with zero attached hydrogens (tertiary/aromatic N) is 1. The minimum Gasteiger partial charge on any atom is -0.481 e. The normalized spacial score (nSPS) is 28.9. The summed E-state index contributed by atoms with van der Waals surface area (Å²) in [7, 11) is 0. The summed E-state index contributed by atoms with van der Waals surface area (Å²) in [6, 6.07) is 1.48. The van der Waals surface area contributed by atoms with Crippen molar-refractivity contribution in [2.75, 3.05) is 0 Å². The smallest absolute Gasteiger partial charge is 0.314 e. The second-order valence-electron chi connectivity index (χ2n) is 4.58. The van der Waals surface area contributed by atoms with Gasteiger partial charge in [0.25, 0.3) is 0 Å². The molecule has 0 spiro atoms. The highest BCUT2D eigenvalue weighted by atomic mass is 19.1. The molecule has 1 fully saturated rings. The van der Waals surface area contributed by atoms with Gasteiger partial charge in [0.1, 0.15) is 5.82 Å². The fourth-order valence-corrected chi connectivity index (χ4v) is 2.49. The summed E-state index contributed by atoms with van der Waals surface area (Å²) in [5, 5.41) is 9.43. The Balaban J connectivity index is 2.42. The average molecular weight is 238 g/mol. The van der Waals surface area contributed by atoms with Crippen molar-refractivity contribution in [2.24, 2.45) is 5.73 Å². The van der Waals surface area contributed by atoms with Gasteiger partial charge in [-0.15, -0.1) is 0 Å². The van der Waals surface area contributed by atoms with Crippen molar-refractivity contribution in [3.8, 4) is 0 Å². The van der Waals surface area contributed by atoms with Crippen LogP contribution >= 0.6 is 0 Å². The predicted octanol–water partition coefficient (Wildman–Crippen LogP) is 1.44. The van der Waals surface area contributed by atoms with Crippen molar-refractivity contribution in [1.29, 1.82) is 0 Å². The van der Waals surface area contributed by atoms with Crippen molar-refractivity contribution in [3.05, 3.63) is 29.8 Å². The lowest BCUT2D eigenvalue weighted by molar-refractivity contribution is -0.145. The van der Waals surface area contributed by atoms with Crippen LogP contribution in [0.1, 0.15) is 31.2 Å². The van der Waals surface area contributed by atoms with E-state index in [0.717, 1.165) is 6.20 Å². The first-order valence-corrected chi connectivity index (χ1v) is 5.65. The number of carboxylic acid groups (broad SMARTS) is 1. The lowest BCUT2D eigenvalue weighted by Gasteiger charge is -2.36. The zero-order valence-electron chi connectivity index (χ0n) is 9.40. The molecule has 3 N–H and O–H groups in total. The number of halogens is 1. The lowest BCUT2D eigenvalue weighted by atomic mass is 9.68. The van der Waals surface area contributed by atoms with E-state index in [-0.39, 0.29) is 11.6 Å². The van der Waals surface area contributed by atoms with Crippen LogP contribution in [0.15, 0.2) is 18.5 Å². The molecule has 2 rings (SSSR count). The van der Waals surface area contributed by atoms with Gasteiger partial charge in [0.2, 0.25) is 0 Å². The van der Waals surface area contributed by atoms with Crippen LogP contribution in [0, 0.1) is 5.82 Å². The summed E-state index contributed by atoms with van der Waals surface area (Å²) in [6.45, 7) is 0. The number of hydrogen-bond donors (Lipinski definition) is 2. The second kappa shape index (κ2) is 4.41. The van der Waals surface area contributed by atoms with Gasteiger partial charge < -0.3 is 10.8 Å². The van der Waals surface area contributed by atoms with E-state index >= 15 is 0 Å². The van der Waals surface area contributed by atoms with Gasteiger partial charge in [0.15, 0.2) is 0 Å². The Morgan fingerprint density at radius 3 is 2.71 bits per heavy atom. The van der Waals surface area contributed by atoms with Crippen LogP contribution in [0.2, 0.25) is 0 Å². The standard InChI is InChI=1S/C12H15FN2O2/c13-10-7-15-6-3-9(10)12(11(16)17)4-1-8(14)2-5-12/h3,6-8H,1-2,4-5,14H2,(H,16,17). The molecule has 1 aromatic heterocycles. The van der Waals surface area contributed by atoms with Crippen LogP contribution in [-0.2, 0) is 10.2 Å². The first-order valence-electron chi connectivity index (χ1n) is 5.65. The van der Waals surface area contributed by atoms with Gasteiger partial charge in [-0.2, -0.15) is 0 Å². The quantitative estimate of drug-likeness (QED) is 0.817. The molecule has 0 amide bonds. The molecule has 0 saturated heterocycles. The fraction of sp³-hybridized carbons (Fsp3) is 0.500. The largest absolute Gasteiger partial charge is 0.481 e. The molecule has 0 atom stereocenters. The molecule has 0 bridgehead atoms. The summed E-state index contributed by atoms with van der Waals surface area (Å²) >= 11 is 0. The Bertz CT molecular complexity index is 428. The van der Waals surface area contributed by atoms with Crippen molar-refractivity contribution >= 4 is 5.97 Å². The van der Waals surface area contributed by atoms with Crippen LogP contribution in [0.3, 0.4) is 0 Å². The van der Waals surface area contributed by atoms with Gasteiger partial charge in [0, 0.05) is 17.8 Å². The van der Waals surface area contributed by atoms with E-state index in [1.54, 1.807) is 0 Å². The molecule has 1 heterocycles. The van der Waals surface area contributed by atoms with Crippen molar-refractivity contribution in [2.45, 2.75) is 37.1 Å². The SMILES string of the molecule is NC1CCC(C(=O)O)(c2ccncc2F)CC1. The van der Waals surface area contributed by atoms with E-state index in [1.807, 2.05) is 0 Å². The number of nitrogens with two attached hydrogens (primary N) is 1. The first kappa shape index (κ1) is 12.0. The zero-order chi connectivity index (χ0) is 12.5. The number of hydrogen-bond acceptors (Lipinski definition) is 3. The van der Waals surface area contributed by atoms with E-state index in [9.17, 15) is 14.3 Å². The predicted molar refractivity (Wildman–Crippen MR) is 60.0 cm³/mol. The molecule has 1 aliphatic rings. The number of carbonyl (C=O) groups is 1. The van der Waals surface area contributed by atoms with Crippen molar-refractivity contribution < 1.29 is 14.3 Å². The highest BCUT2D eigenvalue weighted by Gasteiger charge is 2.44. The Morgan fingerprint density at radius 2 is 2.18 bits per heavy atom. The Kier molecular flexibility index (Phi) is 3.11. The molecule has 17 heavy (non-hydrogen) atoms. The summed E-state index contributed by atoms with van der Waals surface area (Å²) in [4.78, 5) is 15.2. The fourth-order valence-electron chi connectivity index (χ4n) is 2.49. The van der Waals surface area contributed by atoms with Gasteiger partial charge in [-0.05, 0) is 31.7 Å². The Morgan fingerprint density at radius 1 is 1.53 bits per heavy atom. The number of carboxylic acids is 1. The molecular weight excluding hydrogens is 223 g/mol. The molecule has 0 radical (unpaired) electrons. The molecule has 4 nitrogen and oxygen atoms in total. The van der Waals surface area contributed by atoms with Crippen molar-refractivity contribution in [1.82, 2.24) is 4.98 Å². The molecule has 5 heteroatoms. The van der Waals surface area contributed by atoms with Crippen LogP contribution in [0.25, 0.3) is 0 Å². The molecule has 0 aromatic carbocycles. The van der Waals surface area contributed by atoms with Gasteiger partial charge in [-0.25, -0.2) is 4.39 Å². The maximum absolute atomic E-state index is 13.7. The summed E-state index contributed by atoms with van der Waals surface area (Å²) in [5.74, 6) is -1.53. The van der Waals surface area contributed by atoms with E-state index < -0.39 is 17.2 Å². The third-order valence-corrected chi connectivity index (χ3v) is 3.58.